The fourth-order valence-electron chi connectivity index (χ4n) is 1.76. The predicted octanol–water partition coefficient (Wildman–Crippen LogP) is 2.46. The normalized spacial score (nSPS) is 11.8. The van der Waals surface area contributed by atoms with E-state index in [1.54, 1.807) is 6.92 Å². The largest absolute Gasteiger partial charge is 0.357 e. The van der Waals surface area contributed by atoms with Gasteiger partial charge in [-0.25, -0.2) is 12.8 Å². The van der Waals surface area contributed by atoms with Crippen LogP contribution in [0.15, 0.2) is 23.2 Å². The number of sulfonamides is 1. The lowest BCUT2D eigenvalue weighted by Gasteiger charge is -2.14. The molecule has 0 unspecified atom stereocenters. The Labute approximate surface area is 160 Å². The zero-order valence-corrected chi connectivity index (χ0v) is 17.5. The summed E-state index contributed by atoms with van der Waals surface area (Å²) >= 11 is 0. The van der Waals surface area contributed by atoms with E-state index < -0.39 is 15.8 Å². The Balaban J connectivity index is 0.00000529. The van der Waals surface area contributed by atoms with Gasteiger partial charge in [0.1, 0.15) is 5.82 Å². The molecular formula is C15H26FIN4O2S. The van der Waals surface area contributed by atoms with E-state index in [0.29, 0.717) is 18.1 Å². The number of nitrogens with zero attached hydrogens (tertiary/aromatic N) is 1. The van der Waals surface area contributed by atoms with Crippen LogP contribution < -0.4 is 15.4 Å². The number of aliphatic imine (C=N–C) groups is 1. The molecule has 24 heavy (non-hydrogen) atoms. The molecule has 0 aliphatic rings. The SMILES string of the molecule is CCNC(=NCCS(=O)(=O)Nc1ccc(C)c(F)c1)NC(C)C.I. The highest BCUT2D eigenvalue weighted by Gasteiger charge is 2.11. The lowest BCUT2D eigenvalue weighted by molar-refractivity contribution is 0.600. The first-order valence-corrected chi connectivity index (χ1v) is 9.20. The maximum atomic E-state index is 13.4. The van der Waals surface area contributed by atoms with Crippen LogP contribution in [0.5, 0.6) is 0 Å². The molecule has 0 amide bonds. The summed E-state index contributed by atoms with van der Waals surface area (Å²) < 4.78 is 39.8. The number of guanidine groups is 1. The van der Waals surface area contributed by atoms with Crippen LogP contribution in [0.3, 0.4) is 0 Å². The van der Waals surface area contributed by atoms with Gasteiger partial charge in [0.25, 0.3) is 0 Å². The van der Waals surface area contributed by atoms with Gasteiger partial charge in [0.15, 0.2) is 5.96 Å². The highest BCUT2D eigenvalue weighted by Crippen LogP contribution is 2.14. The summed E-state index contributed by atoms with van der Waals surface area (Å²) in [6.45, 7) is 8.28. The Morgan fingerprint density at radius 3 is 2.54 bits per heavy atom. The summed E-state index contributed by atoms with van der Waals surface area (Å²) in [6.07, 6.45) is 0. The van der Waals surface area contributed by atoms with Crippen LogP contribution >= 0.6 is 24.0 Å². The molecule has 0 heterocycles. The third-order valence-electron chi connectivity index (χ3n) is 2.84. The second-order valence-electron chi connectivity index (χ2n) is 5.44. The first kappa shape index (κ1) is 22.9. The van der Waals surface area contributed by atoms with Gasteiger partial charge in [0.05, 0.1) is 18.0 Å². The van der Waals surface area contributed by atoms with Crippen molar-refractivity contribution in [1.82, 2.24) is 10.6 Å². The minimum atomic E-state index is -3.58. The summed E-state index contributed by atoms with van der Waals surface area (Å²) in [6, 6.07) is 4.42. The Hall–Kier alpha value is -1.10. The van der Waals surface area contributed by atoms with Crippen LogP contribution in [0.2, 0.25) is 0 Å². The molecule has 0 spiro atoms. The van der Waals surface area contributed by atoms with E-state index in [1.165, 1.54) is 18.2 Å². The third kappa shape index (κ3) is 8.67. The van der Waals surface area contributed by atoms with Crippen molar-refractivity contribution in [3.63, 3.8) is 0 Å². The van der Waals surface area contributed by atoms with Crippen LogP contribution in [0.4, 0.5) is 10.1 Å². The van der Waals surface area contributed by atoms with Gasteiger partial charge >= 0.3 is 0 Å². The van der Waals surface area contributed by atoms with E-state index >= 15 is 0 Å². The number of hydrogen-bond donors (Lipinski definition) is 3. The van der Waals surface area contributed by atoms with E-state index in [4.69, 9.17) is 0 Å². The summed E-state index contributed by atoms with van der Waals surface area (Å²) in [5, 5.41) is 6.14. The maximum absolute atomic E-state index is 13.4. The molecule has 3 N–H and O–H groups in total. The van der Waals surface area contributed by atoms with Gasteiger partial charge in [-0.3, -0.25) is 9.71 Å². The molecular weight excluding hydrogens is 446 g/mol. The number of anilines is 1. The van der Waals surface area contributed by atoms with E-state index in [9.17, 15) is 12.8 Å². The van der Waals surface area contributed by atoms with Crippen molar-refractivity contribution in [2.75, 3.05) is 23.6 Å². The van der Waals surface area contributed by atoms with Gasteiger partial charge in [-0.05, 0) is 45.4 Å². The van der Waals surface area contributed by atoms with Crippen LogP contribution in [0.1, 0.15) is 26.3 Å². The third-order valence-corrected chi connectivity index (χ3v) is 4.11. The molecule has 0 bridgehead atoms. The highest BCUT2D eigenvalue weighted by atomic mass is 127. The lowest BCUT2D eigenvalue weighted by Crippen LogP contribution is -2.41. The predicted molar refractivity (Wildman–Crippen MR) is 108 cm³/mol. The van der Waals surface area contributed by atoms with Crippen molar-refractivity contribution in [3.05, 3.63) is 29.6 Å². The second-order valence-corrected chi connectivity index (χ2v) is 7.29. The van der Waals surface area contributed by atoms with Crippen molar-refractivity contribution in [2.45, 2.75) is 33.7 Å². The van der Waals surface area contributed by atoms with E-state index in [-0.39, 0.29) is 48.0 Å². The standard InChI is InChI=1S/C15H25FN4O2S.HI/c1-5-17-15(19-11(2)3)18-8-9-23(21,22)20-13-7-6-12(4)14(16)10-13;/h6-7,10-11,20H,5,8-9H2,1-4H3,(H2,17,18,19);1H. The van der Waals surface area contributed by atoms with E-state index in [1.807, 2.05) is 20.8 Å². The average Bonchev–Trinajstić information content (AvgIpc) is 2.42. The lowest BCUT2D eigenvalue weighted by atomic mass is 10.2. The zero-order chi connectivity index (χ0) is 17.5. The van der Waals surface area contributed by atoms with Gasteiger partial charge in [0, 0.05) is 12.6 Å². The molecule has 0 fully saturated rings. The smallest absolute Gasteiger partial charge is 0.234 e. The highest BCUT2D eigenvalue weighted by molar-refractivity contribution is 14.0. The number of benzene rings is 1. The molecule has 0 aliphatic heterocycles. The van der Waals surface area contributed by atoms with Crippen molar-refractivity contribution in [3.8, 4) is 0 Å². The molecule has 138 valence electrons. The van der Waals surface area contributed by atoms with Crippen molar-refractivity contribution in [1.29, 1.82) is 0 Å². The summed E-state index contributed by atoms with van der Waals surface area (Å²) in [5.74, 6) is -0.0603. The molecule has 0 aliphatic carbocycles. The minimum absolute atomic E-state index is 0. The molecule has 1 rings (SSSR count). The topological polar surface area (TPSA) is 82.6 Å². The summed E-state index contributed by atoms with van der Waals surface area (Å²) in [7, 11) is -3.58. The molecule has 0 saturated carbocycles. The number of nitrogens with one attached hydrogen (secondary N) is 3. The molecule has 6 nitrogen and oxygen atoms in total. The van der Waals surface area contributed by atoms with Crippen LogP contribution in [-0.2, 0) is 10.0 Å². The Morgan fingerprint density at radius 2 is 2.00 bits per heavy atom. The molecule has 9 heteroatoms. The van der Waals surface area contributed by atoms with Gasteiger partial charge in [-0.2, -0.15) is 0 Å². The maximum Gasteiger partial charge on any atom is 0.234 e. The van der Waals surface area contributed by atoms with Gasteiger partial charge in [-0.1, -0.05) is 6.07 Å². The minimum Gasteiger partial charge on any atom is -0.357 e. The van der Waals surface area contributed by atoms with Gasteiger partial charge in [-0.15, -0.1) is 24.0 Å². The van der Waals surface area contributed by atoms with Gasteiger partial charge in [0.2, 0.25) is 10.0 Å². The Bertz CT molecular complexity index is 651. The van der Waals surface area contributed by atoms with E-state index in [0.717, 1.165) is 0 Å². The first-order chi connectivity index (χ1) is 10.7. The van der Waals surface area contributed by atoms with Crippen LogP contribution in [0.25, 0.3) is 0 Å². The Kier molecular flexibility index (Phi) is 10.2. The van der Waals surface area contributed by atoms with Crippen molar-refractivity contribution < 1.29 is 12.8 Å². The number of halogens is 2. The zero-order valence-electron chi connectivity index (χ0n) is 14.4. The van der Waals surface area contributed by atoms with Gasteiger partial charge < -0.3 is 10.6 Å². The van der Waals surface area contributed by atoms with Crippen LogP contribution in [0, 0.1) is 12.7 Å². The number of hydrogen-bond acceptors (Lipinski definition) is 3. The molecule has 1 aromatic rings. The molecule has 1 aromatic carbocycles. The summed E-state index contributed by atoms with van der Waals surface area (Å²) in [5.41, 5.74) is 0.678. The second kappa shape index (κ2) is 10.7. The van der Waals surface area contributed by atoms with Crippen LogP contribution in [-0.4, -0.2) is 39.3 Å². The monoisotopic (exact) mass is 472 g/mol. The molecule has 0 radical (unpaired) electrons. The van der Waals surface area contributed by atoms with Crippen molar-refractivity contribution >= 4 is 45.6 Å². The number of rotatable bonds is 7. The fourth-order valence-corrected chi connectivity index (χ4v) is 2.68. The Morgan fingerprint density at radius 1 is 1.33 bits per heavy atom. The number of aryl methyl sites for hydroxylation is 1. The molecule has 0 saturated heterocycles. The fraction of sp³-hybridized carbons (Fsp3) is 0.533. The average molecular weight is 472 g/mol. The molecule has 0 aromatic heterocycles. The molecule has 0 atom stereocenters. The van der Waals surface area contributed by atoms with Crippen molar-refractivity contribution in [2.24, 2.45) is 4.99 Å². The summed E-state index contributed by atoms with van der Waals surface area (Å²) in [4.78, 5) is 4.21. The first-order valence-electron chi connectivity index (χ1n) is 7.55. The van der Waals surface area contributed by atoms with E-state index in [2.05, 4.69) is 20.3 Å². The quantitative estimate of drug-likeness (QED) is 0.324.